The van der Waals surface area contributed by atoms with Gasteiger partial charge < -0.3 is 9.47 Å². The molecule has 0 fully saturated rings. The van der Waals surface area contributed by atoms with Crippen molar-refractivity contribution in [3.8, 4) is 22.6 Å². The number of hydrogen-bond acceptors (Lipinski definition) is 4. The van der Waals surface area contributed by atoms with Crippen molar-refractivity contribution in [2.75, 3.05) is 6.61 Å². The molecule has 0 bridgehead atoms. The van der Waals surface area contributed by atoms with Gasteiger partial charge >= 0.3 is 0 Å². The molecule has 0 aromatic heterocycles. The highest BCUT2D eigenvalue weighted by molar-refractivity contribution is 6.01. The third-order valence-electron chi connectivity index (χ3n) is 4.76. The van der Waals surface area contributed by atoms with Gasteiger partial charge in [0.25, 0.3) is 5.91 Å². The van der Waals surface area contributed by atoms with Crippen LogP contribution < -0.4 is 14.9 Å². The van der Waals surface area contributed by atoms with Crippen molar-refractivity contribution in [3.63, 3.8) is 0 Å². The molecule has 5 nitrogen and oxygen atoms in total. The standard InChI is InChI=1S/C24H22N2O3/c1-2-20(19-14-12-18(13-15-19)17-8-4-3-5-9-17)25-26-24(27)23-16-28-21-10-6-7-11-22(21)29-23/h3-15,23H,2,16H2,1H3,(H,26,27). The topological polar surface area (TPSA) is 59.9 Å². The van der Waals surface area contributed by atoms with Gasteiger partial charge in [-0.1, -0.05) is 73.7 Å². The highest BCUT2D eigenvalue weighted by Crippen LogP contribution is 2.30. The van der Waals surface area contributed by atoms with E-state index in [2.05, 4.69) is 34.8 Å². The van der Waals surface area contributed by atoms with Crippen LogP contribution in [-0.2, 0) is 4.79 Å². The van der Waals surface area contributed by atoms with E-state index in [0.29, 0.717) is 17.9 Å². The van der Waals surface area contributed by atoms with Crippen LogP contribution in [0.1, 0.15) is 18.9 Å². The number of ether oxygens (including phenoxy) is 2. The fourth-order valence-electron chi connectivity index (χ4n) is 3.18. The number of nitrogens with zero attached hydrogens (tertiary/aromatic N) is 1. The lowest BCUT2D eigenvalue weighted by Crippen LogP contribution is -2.42. The number of carbonyl (C=O) groups excluding carboxylic acids is 1. The molecule has 0 spiro atoms. The number of nitrogens with one attached hydrogen (secondary N) is 1. The summed E-state index contributed by atoms with van der Waals surface area (Å²) in [5, 5.41) is 4.33. The van der Waals surface area contributed by atoms with E-state index in [0.717, 1.165) is 22.4 Å². The van der Waals surface area contributed by atoms with Gasteiger partial charge in [0.2, 0.25) is 6.10 Å². The molecule has 1 N–H and O–H groups in total. The first-order chi connectivity index (χ1) is 14.2. The normalized spacial score (nSPS) is 15.6. The summed E-state index contributed by atoms with van der Waals surface area (Å²) in [4.78, 5) is 12.5. The van der Waals surface area contributed by atoms with Gasteiger partial charge in [0.15, 0.2) is 11.5 Å². The zero-order chi connectivity index (χ0) is 20.1. The highest BCUT2D eigenvalue weighted by Gasteiger charge is 2.27. The van der Waals surface area contributed by atoms with E-state index in [-0.39, 0.29) is 12.5 Å². The summed E-state index contributed by atoms with van der Waals surface area (Å²) in [7, 11) is 0. The monoisotopic (exact) mass is 386 g/mol. The second kappa shape index (κ2) is 8.61. The van der Waals surface area contributed by atoms with E-state index >= 15 is 0 Å². The Labute approximate surface area is 170 Å². The van der Waals surface area contributed by atoms with Crippen LogP contribution in [0.2, 0.25) is 0 Å². The summed E-state index contributed by atoms with van der Waals surface area (Å²) in [5.41, 5.74) is 6.70. The van der Waals surface area contributed by atoms with Gasteiger partial charge in [-0.05, 0) is 35.2 Å². The maximum atomic E-state index is 12.5. The molecule has 1 atom stereocenters. The highest BCUT2D eigenvalue weighted by atomic mass is 16.6. The summed E-state index contributed by atoms with van der Waals surface area (Å²) in [6, 6.07) is 25.7. The molecule has 0 saturated heterocycles. The maximum Gasteiger partial charge on any atom is 0.284 e. The van der Waals surface area contributed by atoms with Gasteiger partial charge in [-0.2, -0.15) is 5.10 Å². The molecule has 1 aliphatic heterocycles. The molecule has 5 heteroatoms. The number of benzene rings is 3. The second-order valence-corrected chi connectivity index (χ2v) is 6.70. The van der Waals surface area contributed by atoms with Crippen LogP contribution in [0.25, 0.3) is 11.1 Å². The van der Waals surface area contributed by atoms with Crippen LogP contribution in [0.4, 0.5) is 0 Å². The first-order valence-electron chi connectivity index (χ1n) is 9.65. The SMILES string of the molecule is CCC(=NNC(=O)C1COc2ccccc2O1)c1ccc(-c2ccccc2)cc1. The van der Waals surface area contributed by atoms with Gasteiger partial charge in [-0.15, -0.1) is 0 Å². The average Bonchev–Trinajstić information content (AvgIpc) is 2.80. The van der Waals surface area contributed by atoms with Crippen molar-refractivity contribution < 1.29 is 14.3 Å². The summed E-state index contributed by atoms with van der Waals surface area (Å²) in [6.45, 7) is 2.16. The first-order valence-corrected chi connectivity index (χ1v) is 9.65. The fraction of sp³-hybridized carbons (Fsp3) is 0.167. The third kappa shape index (κ3) is 4.29. The quantitative estimate of drug-likeness (QED) is 0.521. The zero-order valence-corrected chi connectivity index (χ0v) is 16.2. The van der Waals surface area contributed by atoms with Crippen LogP contribution >= 0.6 is 0 Å². The molecule has 3 aromatic carbocycles. The molecule has 1 amide bonds. The molecule has 0 aliphatic carbocycles. The Kier molecular flexibility index (Phi) is 5.56. The smallest absolute Gasteiger partial charge is 0.284 e. The van der Waals surface area contributed by atoms with Crippen molar-refractivity contribution in [2.45, 2.75) is 19.4 Å². The van der Waals surface area contributed by atoms with Crippen LogP contribution in [0.5, 0.6) is 11.5 Å². The van der Waals surface area contributed by atoms with E-state index in [1.807, 2.05) is 55.5 Å². The number of amides is 1. The number of fused-ring (bicyclic) bond motifs is 1. The fourth-order valence-corrected chi connectivity index (χ4v) is 3.18. The number of rotatable bonds is 5. The molecular weight excluding hydrogens is 364 g/mol. The number of carbonyl (C=O) groups is 1. The molecular formula is C24H22N2O3. The molecule has 1 aliphatic rings. The van der Waals surface area contributed by atoms with Gasteiger partial charge in [0.05, 0.1) is 5.71 Å². The van der Waals surface area contributed by atoms with E-state index in [9.17, 15) is 4.79 Å². The average molecular weight is 386 g/mol. The number of hydrogen-bond donors (Lipinski definition) is 1. The predicted octanol–water partition coefficient (Wildman–Crippen LogP) is 4.42. The summed E-state index contributed by atoms with van der Waals surface area (Å²) < 4.78 is 11.3. The molecule has 0 radical (unpaired) electrons. The van der Waals surface area contributed by atoms with Crippen molar-refractivity contribution in [2.24, 2.45) is 5.10 Å². The van der Waals surface area contributed by atoms with E-state index < -0.39 is 6.10 Å². The Bertz CT molecular complexity index is 1010. The molecule has 146 valence electrons. The number of para-hydroxylation sites is 2. The van der Waals surface area contributed by atoms with Crippen LogP contribution in [0, 0.1) is 0 Å². The van der Waals surface area contributed by atoms with Gasteiger partial charge in [-0.25, -0.2) is 5.43 Å². The van der Waals surface area contributed by atoms with Crippen molar-refractivity contribution >= 4 is 11.6 Å². The molecule has 1 unspecified atom stereocenters. The predicted molar refractivity (Wildman–Crippen MR) is 113 cm³/mol. The van der Waals surface area contributed by atoms with E-state index in [4.69, 9.17) is 9.47 Å². The molecule has 1 heterocycles. The summed E-state index contributed by atoms with van der Waals surface area (Å²) in [5.74, 6) is 0.884. The second-order valence-electron chi connectivity index (χ2n) is 6.70. The third-order valence-corrected chi connectivity index (χ3v) is 4.76. The van der Waals surface area contributed by atoms with E-state index in [1.165, 1.54) is 0 Å². The van der Waals surface area contributed by atoms with E-state index in [1.54, 1.807) is 6.07 Å². The van der Waals surface area contributed by atoms with Gasteiger partial charge in [0, 0.05) is 0 Å². The lowest BCUT2D eigenvalue weighted by molar-refractivity contribution is -0.130. The summed E-state index contributed by atoms with van der Waals surface area (Å²) >= 11 is 0. The van der Waals surface area contributed by atoms with Gasteiger partial charge in [-0.3, -0.25) is 4.79 Å². The lowest BCUT2D eigenvalue weighted by atomic mass is 10.0. The lowest BCUT2D eigenvalue weighted by Gasteiger charge is -2.24. The van der Waals surface area contributed by atoms with Crippen LogP contribution in [0.3, 0.4) is 0 Å². The molecule has 4 rings (SSSR count). The molecule has 0 saturated carbocycles. The minimum Gasteiger partial charge on any atom is -0.485 e. The Morgan fingerprint density at radius 3 is 2.31 bits per heavy atom. The van der Waals surface area contributed by atoms with Crippen molar-refractivity contribution in [1.29, 1.82) is 0 Å². The van der Waals surface area contributed by atoms with Gasteiger partial charge in [0.1, 0.15) is 6.61 Å². The minimum atomic E-state index is -0.729. The Balaban J connectivity index is 1.43. The zero-order valence-electron chi connectivity index (χ0n) is 16.2. The van der Waals surface area contributed by atoms with Crippen LogP contribution in [-0.4, -0.2) is 24.3 Å². The summed E-state index contributed by atoms with van der Waals surface area (Å²) in [6.07, 6.45) is -0.0391. The first kappa shape index (κ1) is 18.7. The van der Waals surface area contributed by atoms with Crippen molar-refractivity contribution in [1.82, 2.24) is 5.43 Å². The number of hydrazone groups is 1. The van der Waals surface area contributed by atoms with Crippen LogP contribution in [0.15, 0.2) is 84.0 Å². The molecule has 3 aromatic rings. The Hall–Kier alpha value is -3.60. The Morgan fingerprint density at radius 1 is 0.931 bits per heavy atom. The minimum absolute atomic E-state index is 0.158. The van der Waals surface area contributed by atoms with Crippen molar-refractivity contribution in [3.05, 3.63) is 84.4 Å². The Morgan fingerprint density at radius 2 is 1.59 bits per heavy atom. The maximum absolute atomic E-state index is 12.5. The largest absolute Gasteiger partial charge is 0.485 e. The molecule has 29 heavy (non-hydrogen) atoms.